The number of hydrogen-bond donors (Lipinski definition) is 2. The first-order valence-electron chi connectivity index (χ1n) is 7.41. The number of carbonyl (C=O) groups excluding carboxylic acids is 1. The number of urea groups is 1. The van der Waals surface area contributed by atoms with Crippen LogP contribution in [0.5, 0.6) is 0 Å². The lowest BCUT2D eigenvalue weighted by Gasteiger charge is -2.17. The van der Waals surface area contributed by atoms with E-state index in [-0.39, 0.29) is 6.03 Å². The number of rotatable bonds is 5. The second kappa shape index (κ2) is 7.06. The monoisotopic (exact) mass is 347 g/mol. The molecule has 0 fully saturated rings. The fourth-order valence-electron chi connectivity index (χ4n) is 2.52. The van der Waals surface area contributed by atoms with Crippen LogP contribution in [0.15, 0.2) is 42.6 Å². The van der Waals surface area contributed by atoms with Crippen molar-refractivity contribution in [3.63, 3.8) is 0 Å². The Morgan fingerprint density at radius 3 is 2.91 bits per heavy atom. The third-order valence-corrected chi connectivity index (χ3v) is 4.93. The molecule has 0 aliphatic rings. The highest BCUT2D eigenvalue weighted by atomic mass is 35.5. The maximum absolute atomic E-state index is 12.1. The van der Waals surface area contributed by atoms with Gasteiger partial charge in [-0.05, 0) is 30.2 Å². The second-order valence-corrected chi connectivity index (χ2v) is 7.20. The number of nitrogens with zero attached hydrogens (tertiary/aromatic N) is 1. The van der Waals surface area contributed by atoms with E-state index in [4.69, 9.17) is 11.6 Å². The standard InChI is InChI=1S/C17H18ClN3OS/c1-21(11-13-6-7-16(18)23-13)17(22)19-9-8-12-10-20-15-5-3-2-4-14(12)15/h2-7,10,20H,8-9,11H2,1H3,(H,19,22). The van der Waals surface area contributed by atoms with Crippen LogP contribution >= 0.6 is 22.9 Å². The number of carbonyl (C=O) groups is 1. The third kappa shape index (κ3) is 3.86. The fraction of sp³-hybridized carbons (Fsp3) is 0.235. The van der Waals surface area contributed by atoms with Crippen molar-refractivity contribution >= 4 is 39.9 Å². The average molecular weight is 348 g/mol. The Morgan fingerprint density at radius 1 is 1.30 bits per heavy atom. The molecule has 0 bridgehead atoms. The SMILES string of the molecule is CN(Cc1ccc(Cl)s1)C(=O)NCCc1c[nH]c2ccccc12. The van der Waals surface area contributed by atoms with Crippen molar-refractivity contribution in [1.82, 2.24) is 15.2 Å². The van der Waals surface area contributed by atoms with Gasteiger partial charge < -0.3 is 15.2 Å². The Hall–Kier alpha value is -1.98. The normalized spacial score (nSPS) is 10.9. The summed E-state index contributed by atoms with van der Waals surface area (Å²) in [7, 11) is 1.79. The van der Waals surface area contributed by atoms with E-state index in [0.717, 1.165) is 21.2 Å². The molecule has 4 nitrogen and oxygen atoms in total. The lowest BCUT2D eigenvalue weighted by molar-refractivity contribution is 0.207. The molecular weight excluding hydrogens is 330 g/mol. The summed E-state index contributed by atoms with van der Waals surface area (Å²) in [6, 6.07) is 11.9. The van der Waals surface area contributed by atoms with Crippen LogP contribution < -0.4 is 5.32 Å². The number of halogens is 1. The first kappa shape index (κ1) is 15.9. The van der Waals surface area contributed by atoms with Crippen LogP contribution in [-0.2, 0) is 13.0 Å². The topological polar surface area (TPSA) is 48.1 Å². The molecule has 0 saturated carbocycles. The van der Waals surface area contributed by atoms with Crippen molar-refractivity contribution in [2.75, 3.05) is 13.6 Å². The van der Waals surface area contributed by atoms with E-state index < -0.39 is 0 Å². The molecule has 1 aromatic carbocycles. The molecule has 0 atom stereocenters. The van der Waals surface area contributed by atoms with Gasteiger partial charge in [0.25, 0.3) is 0 Å². The largest absolute Gasteiger partial charge is 0.361 e. The van der Waals surface area contributed by atoms with Gasteiger partial charge in [-0.1, -0.05) is 29.8 Å². The Labute approximate surface area is 144 Å². The number of amides is 2. The molecule has 2 N–H and O–H groups in total. The van der Waals surface area contributed by atoms with Crippen LogP contribution in [-0.4, -0.2) is 29.5 Å². The summed E-state index contributed by atoms with van der Waals surface area (Å²) >= 11 is 7.40. The molecule has 0 aliphatic heterocycles. The summed E-state index contributed by atoms with van der Waals surface area (Å²) in [6.45, 7) is 1.17. The third-order valence-electron chi connectivity index (χ3n) is 3.71. The van der Waals surface area contributed by atoms with E-state index >= 15 is 0 Å². The maximum atomic E-state index is 12.1. The predicted octanol–water partition coefficient (Wildman–Crippen LogP) is 4.27. The minimum Gasteiger partial charge on any atom is -0.361 e. The number of fused-ring (bicyclic) bond motifs is 1. The molecule has 2 amide bonds. The first-order valence-corrected chi connectivity index (χ1v) is 8.61. The Balaban J connectivity index is 1.50. The summed E-state index contributed by atoms with van der Waals surface area (Å²) < 4.78 is 0.744. The van der Waals surface area contributed by atoms with Crippen molar-refractivity contribution < 1.29 is 4.79 Å². The Bertz CT molecular complexity index is 811. The number of hydrogen-bond acceptors (Lipinski definition) is 2. The quantitative estimate of drug-likeness (QED) is 0.711. The zero-order valence-electron chi connectivity index (χ0n) is 12.8. The van der Waals surface area contributed by atoms with Gasteiger partial charge in [-0.25, -0.2) is 4.79 Å². The van der Waals surface area contributed by atoms with E-state index in [1.165, 1.54) is 22.3 Å². The van der Waals surface area contributed by atoms with Crippen LogP contribution in [0.4, 0.5) is 4.79 Å². The molecule has 3 rings (SSSR count). The Kier molecular flexibility index (Phi) is 4.88. The highest BCUT2D eigenvalue weighted by Crippen LogP contribution is 2.22. The van der Waals surface area contributed by atoms with Gasteiger partial charge in [0.2, 0.25) is 0 Å². The molecule has 6 heteroatoms. The van der Waals surface area contributed by atoms with Crippen LogP contribution in [0.1, 0.15) is 10.4 Å². The molecule has 0 radical (unpaired) electrons. The zero-order valence-corrected chi connectivity index (χ0v) is 14.4. The van der Waals surface area contributed by atoms with E-state index in [2.05, 4.69) is 22.4 Å². The molecule has 2 heterocycles. The number of aromatic amines is 1. The molecule has 3 aromatic rings. The minimum atomic E-state index is -0.0747. The molecule has 0 unspecified atom stereocenters. The van der Waals surface area contributed by atoms with Crippen molar-refractivity contribution in [3.8, 4) is 0 Å². The summed E-state index contributed by atoms with van der Waals surface area (Å²) in [5.74, 6) is 0. The fourth-order valence-corrected chi connectivity index (χ4v) is 3.66. The van der Waals surface area contributed by atoms with Gasteiger partial charge in [0.1, 0.15) is 0 Å². The maximum Gasteiger partial charge on any atom is 0.317 e. The van der Waals surface area contributed by atoms with E-state index in [1.807, 2.05) is 30.5 Å². The van der Waals surface area contributed by atoms with Crippen molar-refractivity contribution in [3.05, 3.63) is 57.4 Å². The van der Waals surface area contributed by atoms with Crippen LogP contribution in [0.3, 0.4) is 0 Å². The van der Waals surface area contributed by atoms with E-state index in [0.29, 0.717) is 13.1 Å². The predicted molar refractivity (Wildman–Crippen MR) is 96.2 cm³/mol. The lowest BCUT2D eigenvalue weighted by Crippen LogP contribution is -2.37. The molecule has 0 saturated heterocycles. The van der Waals surface area contributed by atoms with Gasteiger partial charge in [-0.3, -0.25) is 0 Å². The van der Waals surface area contributed by atoms with Gasteiger partial charge in [-0.2, -0.15) is 0 Å². The smallest absolute Gasteiger partial charge is 0.317 e. The number of H-pyrrole nitrogens is 1. The highest BCUT2D eigenvalue weighted by Gasteiger charge is 2.10. The number of thiophene rings is 1. The molecule has 0 aliphatic carbocycles. The average Bonchev–Trinajstić information content (AvgIpc) is 3.14. The van der Waals surface area contributed by atoms with Gasteiger partial charge >= 0.3 is 6.03 Å². The lowest BCUT2D eigenvalue weighted by atomic mass is 10.1. The van der Waals surface area contributed by atoms with Crippen molar-refractivity contribution in [2.45, 2.75) is 13.0 Å². The highest BCUT2D eigenvalue weighted by molar-refractivity contribution is 7.16. The second-order valence-electron chi connectivity index (χ2n) is 5.40. The molecule has 2 aromatic heterocycles. The van der Waals surface area contributed by atoms with Gasteiger partial charge in [-0.15, -0.1) is 11.3 Å². The summed E-state index contributed by atoms with van der Waals surface area (Å²) in [4.78, 5) is 18.1. The van der Waals surface area contributed by atoms with Crippen molar-refractivity contribution in [1.29, 1.82) is 0 Å². The van der Waals surface area contributed by atoms with E-state index in [1.54, 1.807) is 11.9 Å². The summed E-state index contributed by atoms with van der Waals surface area (Å²) in [6.07, 6.45) is 2.81. The van der Waals surface area contributed by atoms with Crippen LogP contribution in [0.25, 0.3) is 10.9 Å². The summed E-state index contributed by atoms with van der Waals surface area (Å²) in [5.41, 5.74) is 2.34. The summed E-state index contributed by atoms with van der Waals surface area (Å²) in [5, 5.41) is 4.17. The zero-order chi connectivity index (χ0) is 16.2. The number of benzene rings is 1. The first-order chi connectivity index (χ1) is 11.1. The number of para-hydroxylation sites is 1. The molecule has 0 spiro atoms. The van der Waals surface area contributed by atoms with Gasteiger partial charge in [0, 0.05) is 35.6 Å². The number of aromatic nitrogens is 1. The molecule has 23 heavy (non-hydrogen) atoms. The Morgan fingerprint density at radius 2 is 2.13 bits per heavy atom. The molecule has 120 valence electrons. The van der Waals surface area contributed by atoms with E-state index in [9.17, 15) is 4.79 Å². The van der Waals surface area contributed by atoms with Crippen molar-refractivity contribution in [2.24, 2.45) is 0 Å². The number of nitrogens with one attached hydrogen (secondary N) is 2. The van der Waals surface area contributed by atoms with Crippen LogP contribution in [0, 0.1) is 0 Å². The minimum absolute atomic E-state index is 0.0747. The van der Waals surface area contributed by atoms with Gasteiger partial charge in [0.15, 0.2) is 0 Å². The van der Waals surface area contributed by atoms with Gasteiger partial charge in [0.05, 0.1) is 10.9 Å². The molecular formula is C17H18ClN3OS. The van der Waals surface area contributed by atoms with Crippen LogP contribution in [0.2, 0.25) is 4.34 Å².